The Labute approximate surface area is 111 Å². The highest BCUT2D eigenvalue weighted by Crippen LogP contribution is 2.23. The van der Waals surface area contributed by atoms with Gasteiger partial charge in [0.2, 0.25) is 0 Å². The number of carbonyl (C=O) groups is 1. The van der Waals surface area contributed by atoms with Crippen molar-refractivity contribution in [3.63, 3.8) is 0 Å². The predicted octanol–water partition coefficient (Wildman–Crippen LogP) is 1.59. The Kier molecular flexibility index (Phi) is 3.41. The predicted molar refractivity (Wildman–Crippen MR) is 73.5 cm³/mol. The largest absolute Gasteiger partial charge is 0.497 e. The molecule has 6 heteroatoms. The SMILES string of the molecule is COc1cccc(N(C)C(=O)c2c(N)n[nH]c2C)c1. The fraction of sp³-hybridized carbons (Fsp3) is 0.231. The second-order valence-electron chi connectivity index (χ2n) is 4.17. The summed E-state index contributed by atoms with van der Waals surface area (Å²) in [4.78, 5) is 13.9. The summed E-state index contributed by atoms with van der Waals surface area (Å²) in [6, 6.07) is 7.25. The highest BCUT2D eigenvalue weighted by atomic mass is 16.5. The number of benzene rings is 1. The zero-order chi connectivity index (χ0) is 14.0. The maximum atomic E-state index is 12.4. The van der Waals surface area contributed by atoms with Crippen molar-refractivity contribution >= 4 is 17.4 Å². The van der Waals surface area contributed by atoms with E-state index in [1.165, 1.54) is 4.90 Å². The van der Waals surface area contributed by atoms with Crippen molar-refractivity contribution in [3.8, 4) is 5.75 Å². The third-order valence-corrected chi connectivity index (χ3v) is 2.93. The number of hydrogen-bond acceptors (Lipinski definition) is 4. The molecule has 1 amide bonds. The lowest BCUT2D eigenvalue weighted by Crippen LogP contribution is -2.27. The molecule has 0 aliphatic heterocycles. The third-order valence-electron chi connectivity index (χ3n) is 2.93. The summed E-state index contributed by atoms with van der Waals surface area (Å²) in [5.41, 5.74) is 7.47. The summed E-state index contributed by atoms with van der Waals surface area (Å²) in [7, 11) is 3.27. The lowest BCUT2D eigenvalue weighted by atomic mass is 10.2. The van der Waals surface area contributed by atoms with Gasteiger partial charge in [0.25, 0.3) is 5.91 Å². The Balaban J connectivity index is 2.33. The second-order valence-corrected chi connectivity index (χ2v) is 4.17. The molecule has 0 saturated heterocycles. The Bertz CT molecular complexity index is 587. The van der Waals surface area contributed by atoms with Crippen LogP contribution < -0.4 is 15.4 Å². The highest BCUT2D eigenvalue weighted by molar-refractivity contribution is 6.09. The van der Waals surface area contributed by atoms with Crippen molar-refractivity contribution in [1.29, 1.82) is 0 Å². The Morgan fingerprint density at radius 2 is 2.21 bits per heavy atom. The molecule has 0 fully saturated rings. The van der Waals surface area contributed by atoms with E-state index in [1.807, 2.05) is 18.2 Å². The number of aryl methyl sites for hydroxylation is 1. The van der Waals surface area contributed by atoms with Crippen LogP contribution in [0.2, 0.25) is 0 Å². The average molecular weight is 260 g/mol. The molecule has 1 heterocycles. The molecule has 1 aromatic heterocycles. The Morgan fingerprint density at radius 3 is 2.79 bits per heavy atom. The molecule has 19 heavy (non-hydrogen) atoms. The van der Waals surface area contributed by atoms with E-state index in [9.17, 15) is 4.79 Å². The quantitative estimate of drug-likeness (QED) is 0.877. The standard InChI is InChI=1S/C13H16N4O2/c1-8-11(12(14)16-15-8)13(18)17(2)9-5-4-6-10(7-9)19-3/h4-7H,1-3H3,(H3,14,15,16). The number of carbonyl (C=O) groups excluding carboxylic acids is 1. The molecule has 0 aliphatic rings. The summed E-state index contributed by atoms with van der Waals surface area (Å²) in [6.45, 7) is 1.76. The molecule has 2 aromatic rings. The lowest BCUT2D eigenvalue weighted by molar-refractivity contribution is 0.0993. The van der Waals surface area contributed by atoms with Crippen LogP contribution in [0.3, 0.4) is 0 Å². The molecule has 0 aliphatic carbocycles. The van der Waals surface area contributed by atoms with Crippen molar-refractivity contribution in [1.82, 2.24) is 10.2 Å². The van der Waals surface area contributed by atoms with E-state index in [2.05, 4.69) is 10.2 Å². The summed E-state index contributed by atoms with van der Waals surface area (Å²) >= 11 is 0. The van der Waals surface area contributed by atoms with Gasteiger partial charge in [-0.25, -0.2) is 0 Å². The minimum atomic E-state index is -0.211. The molecule has 0 radical (unpaired) electrons. The summed E-state index contributed by atoms with van der Waals surface area (Å²) in [5, 5.41) is 6.53. The Hall–Kier alpha value is -2.50. The normalized spacial score (nSPS) is 10.3. The second kappa shape index (κ2) is 5.01. The van der Waals surface area contributed by atoms with E-state index < -0.39 is 0 Å². The van der Waals surface area contributed by atoms with Crippen LogP contribution in [0.4, 0.5) is 11.5 Å². The first-order chi connectivity index (χ1) is 9.04. The van der Waals surface area contributed by atoms with E-state index in [0.29, 0.717) is 17.0 Å². The van der Waals surface area contributed by atoms with Crippen LogP contribution in [-0.4, -0.2) is 30.3 Å². The molecule has 1 aromatic carbocycles. The zero-order valence-electron chi connectivity index (χ0n) is 11.1. The summed E-state index contributed by atoms with van der Waals surface area (Å²) in [5.74, 6) is 0.684. The number of aromatic amines is 1. The van der Waals surface area contributed by atoms with Gasteiger partial charge < -0.3 is 15.4 Å². The van der Waals surface area contributed by atoms with Gasteiger partial charge in [0.05, 0.1) is 7.11 Å². The van der Waals surface area contributed by atoms with Crippen LogP contribution in [0.25, 0.3) is 0 Å². The lowest BCUT2D eigenvalue weighted by Gasteiger charge is -2.18. The van der Waals surface area contributed by atoms with Gasteiger partial charge in [0.1, 0.15) is 11.3 Å². The molecule has 100 valence electrons. The number of nitrogen functional groups attached to an aromatic ring is 1. The van der Waals surface area contributed by atoms with E-state index in [4.69, 9.17) is 10.5 Å². The smallest absolute Gasteiger partial charge is 0.263 e. The van der Waals surface area contributed by atoms with Crippen molar-refractivity contribution in [2.45, 2.75) is 6.92 Å². The number of nitrogens with one attached hydrogen (secondary N) is 1. The maximum Gasteiger partial charge on any atom is 0.263 e. The van der Waals surface area contributed by atoms with Crippen LogP contribution in [-0.2, 0) is 0 Å². The average Bonchev–Trinajstić information content (AvgIpc) is 2.76. The zero-order valence-corrected chi connectivity index (χ0v) is 11.1. The molecule has 0 unspecified atom stereocenters. The molecule has 0 bridgehead atoms. The number of ether oxygens (including phenoxy) is 1. The molecule has 3 N–H and O–H groups in total. The van der Waals surface area contributed by atoms with Crippen LogP contribution in [0, 0.1) is 6.92 Å². The van der Waals surface area contributed by atoms with Crippen LogP contribution in [0.15, 0.2) is 24.3 Å². The third kappa shape index (κ3) is 2.37. The fourth-order valence-corrected chi connectivity index (χ4v) is 1.82. The van der Waals surface area contributed by atoms with Crippen molar-refractivity contribution in [2.75, 3.05) is 24.8 Å². The van der Waals surface area contributed by atoms with Gasteiger partial charge in [-0.15, -0.1) is 0 Å². The molecule has 6 nitrogen and oxygen atoms in total. The number of aromatic nitrogens is 2. The number of rotatable bonds is 3. The number of nitrogens with zero attached hydrogens (tertiary/aromatic N) is 2. The topological polar surface area (TPSA) is 84.2 Å². The summed E-state index contributed by atoms with van der Waals surface area (Å²) in [6.07, 6.45) is 0. The maximum absolute atomic E-state index is 12.4. The van der Waals surface area contributed by atoms with Gasteiger partial charge in [-0.2, -0.15) is 5.10 Å². The summed E-state index contributed by atoms with van der Waals surface area (Å²) < 4.78 is 5.14. The van der Waals surface area contributed by atoms with E-state index in [1.54, 1.807) is 27.1 Å². The first-order valence-electron chi connectivity index (χ1n) is 5.77. The number of hydrogen-bond donors (Lipinski definition) is 2. The molecular weight excluding hydrogens is 244 g/mol. The van der Waals surface area contributed by atoms with Gasteiger partial charge in [-0.3, -0.25) is 9.89 Å². The number of nitrogens with two attached hydrogens (primary N) is 1. The number of methoxy groups -OCH3 is 1. The molecule has 0 atom stereocenters. The van der Waals surface area contributed by atoms with E-state index in [0.717, 1.165) is 5.69 Å². The molecule has 0 saturated carbocycles. The minimum Gasteiger partial charge on any atom is -0.497 e. The molecule has 2 rings (SSSR count). The van der Waals surface area contributed by atoms with E-state index in [-0.39, 0.29) is 11.7 Å². The molecule has 0 spiro atoms. The van der Waals surface area contributed by atoms with Crippen molar-refractivity contribution in [3.05, 3.63) is 35.5 Å². The van der Waals surface area contributed by atoms with Gasteiger partial charge >= 0.3 is 0 Å². The van der Waals surface area contributed by atoms with Gasteiger partial charge in [-0.05, 0) is 19.1 Å². The van der Waals surface area contributed by atoms with E-state index >= 15 is 0 Å². The first kappa shape index (κ1) is 12.9. The fourth-order valence-electron chi connectivity index (χ4n) is 1.82. The first-order valence-corrected chi connectivity index (χ1v) is 5.77. The molecular formula is C13H16N4O2. The van der Waals surface area contributed by atoms with Crippen LogP contribution in [0.1, 0.15) is 16.1 Å². The van der Waals surface area contributed by atoms with Crippen molar-refractivity contribution < 1.29 is 9.53 Å². The van der Waals surface area contributed by atoms with Crippen LogP contribution in [0.5, 0.6) is 5.75 Å². The van der Waals surface area contributed by atoms with Gasteiger partial charge in [-0.1, -0.05) is 6.07 Å². The Morgan fingerprint density at radius 1 is 1.47 bits per heavy atom. The number of H-pyrrole nitrogens is 1. The highest BCUT2D eigenvalue weighted by Gasteiger charge is 2.21. The van der Waals surface area contributed by atoms with Crippen molar-refractivity contribution in [2.24, 2.45) is 0 Å². The van der Waals surface area contributed by atoms with Crippen LogP contribution >= 0.6 is 0 Å². The minimum absolute atomic E-state index is 0.206. The number of anilines is 2. The monoisotopic (exact) mass is 260 g/mol. The van der Waals surface area contributed by atoms with Gasteiger partial charge in [0, 0.05) is 24.5 Å². The number of amides is 1. The van der Waals surface area contributed by atoms with Gasteiger partial charge in [0.15, 0.2) is 5.82 Å².